The molecule has 1 aliphatic heterocycles. The number of nitrogens with one attached hydrogen (secondary N) is 1. The molecule has 1 aromatic heterocycles. The number of aromatic hydroxyl groups is 1. The van der Waals surface area contributed by atoms with Gasteiger partial charge in [0.2, 0.25) is 5.43 Å². The van der Waals surface area contributed by atoms with E-state index < -0.39 is 0 Å². The van der Waals surface area contributed by atoms with Crippen molar-refractivity contribution in [3.05, 3.63) is 58.4 Å². The van der Waals surface area contributed by atoms with Crippen LogP contribution in [0.2, 0.25) is 0 Å². The number of quaternary nitrogens is 1. The van der Waals surface area contributed by atoms with Crippen LogP contribution >= 0.6 is 0 Å². The number of methoxy groups -OCH3 is 1. The largest absolute Gasteiger partial charge is 0.507 e. The van der Waals surface area contributed by atoms with Crippen LogP contribution in [0.1, 0.15) is 18.4 Å². The molecule has 5 nitrogen and oxygen atoms in total. The molecule has 0 amide bonds. The van der Waals surface area contributed by atoms with E-state index in [9.17, 15) is 9.90 Å². The number of phenolic OH excluding ortho intramolecular Hbond substituents is 1. The Balaban J connectivity index is 1.86. The van der Waals surface area contributed by atoms with Gasteiger partial charge < -0.3 is 19.2 Å². The van der Waals surface area contributed by atoms with Crippen molar-refractivity contribution in [2.24, 2.45) is 0 Å². The molecule has 0 radical (unpaired) electrons. The summed E-state index contributed by atoms with van der Waals surface area (Å²) in [5, 5.41) is 10.8. The first-order valence-electron chi connectivity index (χ1n) is 8.92. The second kappa shape index (κ2) is 6.84. The number of benzene rings is 2. The summed E-state index contributed by atoms with van der Waals surface area (Å²) in [6.07, 6.45) is 3.87. The van der Waals surface area contributed by atoms with E-state index in [0.717, 1.165) is 13.1 Å². The summed E-state index contributed by atoms with van der Waals surface area (Å²) < 4.78 is 11.2. The molecule has 2 aromatic carbocycles. The van der Waals surface area contributed by atoms with Gasteiger partial charge in [0.25, 0.3) is 0 Å². The Bertz CT molecular complexity index is 1000. The predicted molar refractivity (Wildman–Crippen MR) is 99.8 cm³/mol. The SMILES string of the molecule is COc1ccccc1-c1coc2c(C[NH+]3CCCC3)c(O)ccc2c1=O. The minimum absolute atomic E-state index is 0.117. The lowest BCUT2D eigenvalue weighted by molar-refractivity contribution is -0.901. The zero-order valence-electron chi connectivity index (χ0n) is 14.7. The lowest BCUT2D eigenvalue weighted by Crippen LogP contribution is -3.08. The minimum Gasteiger partial charge on any atom is -0.507 e. The lowest BCUT2D eigenvalue weighted by Gasteiger charge is -2.15. The Labute approximate surface area is 151 Å². The van der Waals surface area contributed by atoms with Crippen molar-refractivity contribution in [3.8, 4) is 22.6 Å². The van der Waals surface area contributed by atoms with Crippen LogP contribution in [-0.2, 0) is 6.54 Å². The van der Waals surface area contributed by atoms with Crippen molar-refractivity contribution in [1.29, 1.82) is 0 Å². The standard InChI is InChI=1S/C21H21NO4/c1-25-19-7-3-2-6-14(19)17-13-26-21-15(20(17)24)8-9-18(23)16(21)12-22-10-4-5-11-22/h2-3,6-9,13,23H,4-5,10-12H2,1H3/p+1. The second-order valence-electron chi connectivity index (χ2n) is 6.75. The molecule has 3 aromatic rings. The highest BCUT2D eigenvalue weighted by atomic mass is 16.5. The van der Waals surface area contributed by atoms with Gasteiger partial charge in [0, 0.05) is 18.4 Å². The zero-order chi connectivity index (χ0) is 18.1. The molecule has 26 heavy (non-hydrogen) atoms. The summed E-state index contributed by atoms with van der Waals surface area (Å²) >= 11 is 0. The number of ether oxygens (including phenoxy) is 1. The van der Waals surface area contributed by atoms with Crippen LogP contribution in [0.5, 0.6) is 11.5 Å². The van der Waals surface area contributed by atoms with Crippen molar-refractivity contribution in [3.63, 3.8) is 0 Å². The maximum Gasteiger partial charge on any atom is 0.200 e. The van der Waals surface area contributed by atoms with Crippen molar-refractivity contribution in [2.45, 2.75) is 19.4 Å². The third-order valence-corrected chi connectivity index (χ3v) is 5.15. The molecule has 5 heteroatoms. The molecule has 134 valence electrons. The quantitative estimate of drug-likeness (QED) is 0.757. The molecule has 0 spiro atoms. The fourth-order valence-corrected chi connectivity index (χ4v) is 3.77. The van der Waals surface area contributed by atoms with E-state index in [0.29, 0.717) is 40.0 Å². The van der Waals surface area contributed by atoms with Gasteiger partial charge in [0.05, 0.1) is 36.7 Å². The zero-order valence-corrected chi connectivity index (χ0v) is 14.7. The highest BCUT2D eigenvalue weighted by Crippen LogP contribution is 2.31. The van der Waals surface area contributed by atoms with Crippen LogP contribution in [0.15, 0.2) is 51.9 Å². The molecule has 0 saturated carbocycles. The lowest BCUT2D eigenvalue weighted by atomic mass is 10.0. The minimum atomic E-state index is -0.117. The molecular formula is C21H22NO4+. The van der Waals surface area contributed by atoms with Gasteiger partial charge in [-0.1, -0.05) is 18.2 Å². The van der Waals surface area contributed by atoms with E-state index in [-0.39, 0.29) is 11.2 Å². The van der Waals surface area contributed by atoms with E-state index in [1.54, 1.807) is 19.2 Å². The number of hydrogen-bond donors (Lipinski definition) is 2. The van der Waals surface area contributed by atoms with E-state index in [2.05, 4.69) is 0 Å². The summed E-state index contributed by atoms with van der Waals surface area (Å²) in [5.74, 6) is 0.810. The normalized spacial score (nSPS) is 14.8. The van der Waals surface area contributed by atoms with Crippen LogP contribution in [0.4, 0.5) is 0 Å². The van der Waals surface area contributed by atoms with Gasteiger partial charge in [0.1, 0.15) is 29.9 Å². The average molecular weight is 352 g/mol. The van der Waals surface area contributed by atoms with Gasteiger partial charge in [0.15, 0.2) is 0 Å². The number of hydrogen-bond acceptors (Lipinski definition) is 4. The topological polar surface area (TPSA) is 64.1 Å². The number of phenols is 1. The smallest absolute Gasteiger partial charge is 0.200 e. The molecule has 1 fully saturated rings. The van der Waals surface area contributed by atoms with E-state index in [4.69, 9.17) is 9.15 Å². The molecule has 1 aliphatic rings. The first kappa shape index (κ1) is 16.7. The van der Waals surface area contributed by atoms with Crippen molar-refractivity contribution in [1.82, 2.24) is 0 Å². The molecular weight excluding hydrogens is 330 g/mol. The summed E-state index contributed by atoms with van der Waals surface area (Å²) in [6.45, 7) is 2.83. The van der Waals surface area contributed by atoms with Crippen molar-refractivity contribution < 1.29 is 19.2 Å². The molecule has 4 rings (SSSR count). The van der Waals surface area contributed by atoms with Crippen LogP contribution < -0.4 is 15.1 Å². The third kappa shape index (κ3) is 2.84. The Hall–Kier alpha value is -2.79. The molecule has 0 atom stereocenters. The van der Waals surface area contributed by atoms with Gasteiger partial charge in [-0.05, 0) is 18.2 Å². The Morgan fingerprint density at radius 2 is 1.88 bits per heavy atom. The highest BCUT2D eigenvalue weighted by molar-refractivity contribution is 5.86. The first-order valence-corrected chi connectivity index (χ1v) is 8.92. The van der Waals surface area contributed by atoms with E-state index in [1.807, 2.05) is 24.3 Å². The van der Waals surface area contributed by atoms with Gasteiger partial charge >= 0.3 is 0 Å². The number of fused-ring (bicyclic) bond motifs is 1. The third-order valence-electron chi connectivity index (χ3n) is 5.15. The molecule has 0 aliphatic carbocycles. The Morgan fingerprint density at radius 1 is 1.12 bits per heavy atom. The maximum atomic E-state index is 13.1. The van der Waals surface area contributed by atoms with Gasteiger partial charge in [-0.3, -0.25) is 4.79 Å². The Kier molecular flexibility index (Phi) is 4.39. The summed E-state index contributed by atoms with van der Waals surface area (Å²) in [7, 11) is 1.58. The van der Waals surface area contributed by atoms with Crippen LogP contribution in [-0.4, -0.2) is 25.3 Å². The second-order valence-corrected chi connectivity index (χ2v) is 6.75. The number of likely N-dealkylation sites (tertiary alicyclic amines) is 1. The Morgan fingerprint density at radius 3 is 2.65 bits per heavy atom. The highest BCUT2D eigenvalue weighted by Gasteiger charge is 2.22. The number of rotatable bonds is 4. The van der Waals surface area contributed by atoms with Gasteiger partial charge in [-0.15, -0.1) is 0 Å². The molecule has 0 unspecified atom stereocenters. The maximum absolute atomic E-state index is 13.1. The molecule has 1 saturated heterocycles. The number of para-hydroxylation sites is 1. The molecule has 2 N–H and O–H groups in total. The monoisotopic (exact) mass is 352 g/mol. The summed E-state index contributed by atoms with van der Waals surface area (Å²) in [5.41, 5.74) is 2.23. The van der Waals surface area contributed by atoms with Crippen LogP contribution in [0.3, 0.4) is 0 Å². The summed E-state index contributed by atoms with van der Waals surface area (Å²) in [6, 6.07) is 10.6. The van der Waals surface area contributed by atoms with Crippen LogP contribution in [0, 0.1) is 0 Å². The van der Waals surface area contributed by atoms with E-state index >= 15 is 0 Å². The van der Waals surface area contributed by atoms with Crippen molar-refractivity contribution >= 4 is 11.0 Å². The first-order chi connectivity index (χ1) is 12.7. The van der Waals surface area contributed by atoms with Crippen LogP contribution in [0.25, 0.3) is 22.1 Å². The van der Waals surface area contributed by atoms with Crippen molar-refractivity contribution in [2.75, 3.05) is 20.2 Å². The molecule has 0 bridgehead atoms. The van der Waals surface area contributed by atoms with Gasteiger partial charge in [-0.25, -0.2) is 0 Å². The fraction of sp³-hybridized carbons (Fsp3) is 0.286. The average Bonchev–Trinajstić information content (AvgIpc) is 3.17. The predicted octanol–water partition coefficient (Wildman–Crippen LogP) is 2.35. The summed E-state index contributed by atoms with van der Waals surface area (Å²) in [4.78, 5) is 14.5. The van der Waals surface area contributed by atoms with E-state index in [1.165, 1.54) is 24.0 Å². The fourth-order valence-electron chi connectivity index (χ4n) is 3.77. The molecule has 2 heterocycles. The van der Waals surface area contributed by atoms with Gasteiger partial charge in [-0.2, -0.15) is 0 Å².